The molecule has 3 aromatic rings. The number of carbonyl (C=O) groups excluding carboxylic acids is 1. The second-order valence-electron chi connectivity index (χ2n) is 12.3. The van der Waals surface area contributed by atoms with Gasteiger partial charge >= 0.3 is 6.09 Å². The first-order valence-corrected chi connectivity index (χ1v) is 16.7. The normalized spacial score (nSPS) is 21.9. The van der Waals surface area contributed by atoms with Gasteiger partial charge in [0.2, 0.25) is 0 Å². The van der Waals surface area contributed by atoms with Crippen molar-refractivity contribution in [2.75, 3.05) is 26.3 Å². The summed E-state index contributed by atoms with van der Waals surface area (Å²) in [7, 11) is -2.89. The molecule has 220 valence electrons. The molecule has 0 unspecified atom stereocenters. The lowest BCUT2D eigenvalue weighted by molar-refractivity contribution is 0.0269. The van der Waals surface area contributed by atoms with Gasteiger partial charge in [-0.05, 0) is 33.8 Å². The number of hydrogen-bond acceptors (Lipinski definition) is 6. The van der Waals surface area contributed by atoms with Crippen molar-refractivity contribution in [2.45, 2.75) is 62.9 Å². The zero-order valence-corrected chi connectivity index (χ0v) is 25.8. The Morgan fingerprint density at radius 1 is 0.976 bits per heavy atom. The minimum Gasteiger partial charge on any atom is -0.445 e. The van der Waals surface area contributed by atoms with E-state index in [1.54, 1.807) is 0 Å². The maximum absolute atomic E-state index is 12.5. The Hall–Kier alpha value is -3.48. The second-order valence-corrected chi connectivity index (χ2v) is 16.5. The molecule has 0 bridgehead atoms. The lowest BCUT2D eigenvalue weighted by Gasteiger charge is -2.48. The van der Waals surface area contributed by atoms with Crippen LogP contribution in [0.1, 0.15) is 39.2 Å². The number of nitrogens with zero attached hydrogens (tertiary/aromatic N) is 2. The van der Waals surface area contributed by atoms with Gasteiger partial charge in [0.05, 0.1) is 19.3 Å². The van der Waals surface area contributed by atoms with Gasteiger partial charge in [0.15, 0.2) is 5.54 Å². The number of alkyl carbamates (subject to hydrolysis) is 1. The largest absolute Gasteiger partial charge is 0.445 e. The van der Waals surface area contributed by atoms with Crippen LogP contribution in [0, 0.1) is 11.3 Å². The second kappa shape index (κ2) is 12.8. The van der Waals surface area contributed by atoms with Gasteiger partial charge in [-0.25, -0.2) is 4.79 Å². The summed E-state index contributed by atoms with van der Waals surface area (Å²) in [6.45, 7) is 8.95. The van der Waals surface area contributed by atoms with E-state index in [0.29, 0.717) is 26.3 Å². The molecule has 2 aliphatic heterocycles. The molecule has 3 aromatic carbocycles. The SMILES string of the molecule is CC(C)(C)[Si](O[C@@H]1COC[C@]1(C#N)N1CCC(NC(=O)OCc2ccccc2)CC1)(c1ccccc1)c1ccccc1. The summed E-state index contributed by atoms with van der Waals surface area (Å²) >= 11 is 0. The van der Waals surface area contributed by atoms with Gasteiger partial charge in [-0.15, -0.1) is 0 Å². The number of benzene rings is 3. The van der Waals surface area contributed by atoms with Crippen LogP contribution in [0.3, 0.4) is 0 Å². The molecule has 0 aromatic heterocycles. The van der Waals surface area contributed by atoms with E-state index in [9.17, 15) is 10.1 Å². The average molecular weight is 584 g/mol. The van der Waals surface area contributed by atoms with Crippen molar-refractivity contribution in [2.24, 2.45) is 0 Å². The minimum atomic E-state index is -2.89. The van der Waals surface area contributed by atoms with E-state index in [-0.39, 0.29) is 17.7 Å². The fourth-order valence-corrected chi connectivity index (χ4v) is 11.1. The Bertz CT molecular complexity index is 1310. The summed E-state index contributed by atoms with van der Waals surface area (Å²) in [5.74, 6) is 0. The predicted octanol–water partition coefficient (Wildman–Crippen LogP) is 4.61. The summed E-state index contributed by atoms with van der Waals surface area (Å²) in [4.78, 5) is 14.7. The van der Waals surface area contributed by atoms with Gasteiger partial charge in [0.25, 0.3) is 8.32 Å². The van der Waals surface area contributed by atoms with E-state index >= 15 is 0 Å². The number of likely N-dealkylation sites (tertiary alicyclic amines) is 1. The number of rotatable bonds is 8. The van der Waals surface area contributed by atoms with Crippen LogP contribution in [0.5, 0.6) is 0 Å². The van der Waals surface area contributed by atoms with E-state index < -0.39 is 26.1 Å². The molecule has 5 rings (SSSR count). The topological polar surface area (TPSA) is 83.8 Å². The van der Waals surface area contributed by atoms with Crippen LogP contribution in [0.2, 0.25) is 5.04 Å². The van der Waals surface area contributed by atoms with Crippen molar-refractivity contribution < 1.29 is 18.7 Å². The number of nitriles is 1. The van der Waals surface area contributed by atoms with E-state index in [4.69, 9.17) is 13.9 Å². The molecule has 2 saturated heterocycles. The fraction of sp³-hybridized carbons (Fsp3) is 0.412. The number of ether oxygens (including phenoxy) is 2. The Morgan fingerprint density at radius 3 is 2.05 bits per heavy atom. The molecule has 0 saturated carbocycles. The summed E-state index contributed by atoms with van der Waals surface area (Å²) in [5.41, 5.74) is 0.0397. The van der Waals surface area contributed by atoms with Gasteiger partial charge in [0.1, 0.15) is 12.7 Å². The summed E-state index contributed by atoms with van der Waals surface area (Å²) in [6.07, 6.45) is 0.601. The maximum Gasteiger partial charge on any atom is 0.407 e. The van der Waals surface area contributed by atoms with E-state index in [2.05, 4.69) is 85.6 Å². The first kappa shape index (κ1) is 30.0. The number of carbonyl (C=O) groups is 1. The Labute approximate surface area is 250 Å². The molecule has 1 N–H and O–H groups in total. The fourth-order valence-electron chi connectivity index (χ4n) is 6.41. The van der Waals surface area contributed by atoms with E-state index in [1.807, 2.05) is 42.5 Å². The van der Waals surface area contributed by atoms with Crippen LogP contribution >= 0.6 is 0 Å². The third kappa shape index (κ3) is 6.01. The number of hydrogen-bond donors (Lipinski definition) is 1. The molecule has 8 heteroatoms. The van der Waals surface area contributed by atoms with Crippen molar-refractivity contribution in [3.8, 4) is 6.07 Å². The van der Waals surface area contributed by atoms with Gasteiger partial charge in [-0.3, -0.25) is 4.90 Å². The summed E-state index contributed by atoms with van der Waals surface area (Å²) < 4.78 is 18.9. The summed E-state index contributed by atoms with van der Waals surface area (Å²) in [6, 6.07) is 33.3. The van der Waals surface area contributed by atoms with Crippen LogP contribution in [0.15, 0.2) is 91.0 Å². The van der Waals surface area contributed by atoms with Crippen LogP contribution in [0.4, 0.5) is 4.79 Å². The molecule has 42 heavy (non-hydrogen) atoms. The van der Waals surface area contributed by atoms with Gasteiger partial charge < -0.3 is 19.2 Å². The first-order valence-electron chi connectivity index (χ1n) is 14.8. The standard InChI is InChI=1S/C34H41N3O4Si/c1-33(2,3)42(29-15-9-5-10-16-29,30-17-11-6-12-18-30)41-31-24-39-26-34(31,25-35)37-21-19-28(20-22-37)36-32(38)40-23-27-13-7-4-8-14-27/h4-18,28,31H,19-24,26H2,1-3H3,(H,36,38)/t31-,34+/m1/s1. The van der Waals surface area contributed by atoms with Crippen molar-refractivity contribution in [3.63, 3.8) is 0 Å². The van der Waals surface area contributed by atoms with Gasteiger partial charge in [-0.2, -0.15) is 5.26 Å². The van der Waals surface area contributed by atoms with Crippen molar-refractivity contribution in [3.05, 3.63) is 96.6 Å². The highest BCUT2D eigenvalue weighted by atomic mass is 28.4. The molecular weight excluding hydrogens is 542 g/mol. The van der Waals surface area contributed by atoms with Crippen molar-refractivity contribution >= 4 is 24.8 Å². The smallest absolute Gasteiger partial charge is 0.407 e. The highest BCUT2D eigenvalue weighted by molar-refractivity contribution is 6.99. The number of piperidine rings is 1. The molecule has 1 amide bonds. The third-order valence-electron chi connectivity index (χ3n) is 8.65. The molecule has 0 radical (unpaired) electrons. The van der Waals surface area contributed by atoms with Gasteiger partial charge in [0, 0.05) is 19.1 Å². The molecular formula is C34H41N3O4Si. The molecule has 2 aliphatic rings. The molecule has 0 aliphatic carbocycles. The molecule has 0 spiro atoms. The van der Waals surface area contributed by atoms with Crippen LogP contribution in [0.25, 0.3) is 0 Å². The van der Waals surface area contributed by atoms with E-state index in [1.165, 1.54) is 10.4 Å². The average Bonchev–Trinajstić information content (AvgIpc) is 3.43. The lowest BCUT2D eigenvalue weighted by atomic mass is 9.91. The minimum absolute atomic E-state index is 0.0152. The molecule has 2 heterocycles. The van der Waals surface area contributed by atoms with Gasteiger partial charge in [-0.1, -0.05) is 112 Å². The highest BCUT2D eigenvalue weighted by Gasteiger charge is 2.58. The van der Waals surface area contributed by atoms with Crippen LogP contribution < -0.4 is 15.7 Å². The third-order valence-corrected chi connectivity index (χ3v) is 13.7. The summed E-state index contributed by atoms with van der Waals surface area (Å²) in [5, 5.41) is 15.9. The maximum atomic E-state index is 12.5. The molecule has 2 fully saturated rings. The molecule has 2 atom stereocenters. The predicted molar refractivity (Wildman–Crippen MR) is 166 cm³/mol. The van der Waals surface area contributed by atoms with Crippen LogP contribution in [-0.2, 0) is 20.5 Å². The highest BCUT2D eigenvalue weighted by Crippen LogP contribution is 2.41. The van der Waals surface area contributed by atoms with E-state index in [0.717, 1.165) is 18.4 Å². The lowest BCUT2D eigenvalue weighted by Crippen LogP contribution is -2.71. The van der Waals surface area contributed by atoms with Crippen LogP contribution in [-0.4, -0.2) is 63.3 Å². The Balaban J connectivity index is 1.33. The Morgan fingerprint density at radius 2 is 1.52 bits per heavy atom. The van der Waals surface area contributed by atoms with Crippen molar-refractivity contribution in [1.82, 2.24) is 10.2 Å². The quantitative estimate of drug-likeness (QED) is 0.390. The zero-order chi connectivity index (χ0) is 29.6. The Kier molecular flexibility index (Phi) is 9.14. The zero-order valence-electron chi connectivity index (χ0n) is 24.8. The molecule has 7 nitrogen and oxygen atoms in total. The number of nitrogens with one attached hydrogen (secondary N) is 1. The first-order chi connectivity index (χ1) is 20.3. The number of amides is 1. The van der Waals surface area contributed by atoms with Crippen molar-refractivity contribution in [1.29, 1.82) is 5.26 Å². The monoisotopic (exact) mass is 583 g/mol.